The number of benzene rings is 1. The zero-order chi connectivity index (χ0) is 22.4. The Bertz CT molecular complexity index is 619. The van der Waals surface area contributed by atoms with Gasteiger partial charge in [-0.25, -0.2) is 0 Å². The summed E-state index contributed by atoms with van der Waals surface area (Å²) in [6, 6.07) is 10.1. The van der Waals surface area contributed by atoms with Crippen molar-refractivity contribution < 1.29 is 14.3 Å². The van der Waals surface area contributed by atoms with Crippen molar-refractivity contribution in [3.63, 3.8) is 0 Å². The number of hydrogen-bond acceptors (Lipinski definition) is 3. The minimum absolute atomic E-state index is 0.0271. The molecule has 1 aromatic carbocycles. The van der Waals surface area contributed by atoms with Crippen molar-refractivity contribution in [1.82, 2.24) is 0 Å². The van der Waals surface area contributed by atoms with Crippen LogP contribution in [0.1, 0.15) is 60.5 Å². The van der Waals surface area contributed by atoms with Gasteiger partial charge in [0.2, 0.25) is 0 Å². The summed E-state index contributed by atoms with van der Waals surface area (Å²) in [6.45, 7) is 24.5. The molecule has 0 unspecified atom stereocenters. The van der Waals surface area contributed by atoms with Crippen LogP contribution in [0.5, 0.6) is 0 Å². The second-order valence-corrected chi connectivity index (χ2v) is 15.1. The first-order chi connectivity index (χ1) is 13.3. The van der Waals surface area contributed by atoms with Gasteiger partial charge in [0, 0.05) is 5.92 Å². The minimum Gasteiger partial charge on any atom is -0.413 e. The molecule has 4 atom stereocenters. The summed E-state index contributed by atoms with van der Waals surface area (Å²) in [7, 11) is -1.91. The van der Waals surface area contributed by atoms with E-state index in [0.717, 1.165) is 11.1 Å². The largest absolute Gasteiger partial charge is 0.413 e. The molecule has 0 saturated carbocycles. The van der Waals surface area contributed by atoms with E-state index in [1.54, 1.807) is 0 Å². The Hall–Kier alpha value is -0.943. The van der Waals surface area contributed by atoms with Gasteiger partial charge in [0.25, 0.3) is 0 Å². The van der Waals surface area contributed by atoms with Crippen LogP contribution in [-0.4, -0.2) is 31.7 Å². The predicted molar refractivity (Wildman–Crippen MR) is 127 cm³/mol. The highest BCUT2D eigenvalue weighted by Crippen LogP contribution is 2.39. The molecule has 0 fully saturated rings. The summed E-state index contributed by atoms with van der Waals surface area (Å²) in [4.78, 5) is 0. The van der Waals surface area contributed by atoms with Gasteiger partial charge in [0.15, 0.2) is 8.32 Å². The number of aliphatic hydroxyl groups excluding tert-OH is 1. The lowest BCUT2D eigenvalue weighted by atomic mass is 9.87. The third-order valence-corrected chi connectivity index (χ3v) is 10.9. The van der Waals surface area contributed by atoms with Crippen molar-refractivity contribution >= 4 is 8.32 Å². The molecule has 0 radical (unpaired) electrons. The summed E-state index contributed by atoms with van der Waals surface area (Å²) in [5.41, 5.74) is 2.07. The molecular formula is C25H44O3Si. The molecule has 1 N–H and O–H groups in total. The van der Waals surface area contributed by atoms with Gasteiger partial charge in [0.05, 0.1) is 24.9 Å². The van der Waals surface area contributed by atoms with Gasteiger partial charge in [0.1, 0.15) is 0 Å². The zero-order valence-electron chi connectivity index (χ0n) is 20.2. The Balaban J connectivity index is 2.69. The zero-order valence-corrected chi connectivity index (χ0v) is 21.2. The summed E-state index contributed by atoms with van der Waals surface area (Å²) in [6.07, 6.45) is -0.0427. The maximum absolute atomic E-state index is 11.0. The molecule has 29 heavy (non-hydrogen) atoms. The number of aliphatic hydroxyl groups is 1. The normalized spacial score (nSPS) is 17.1. The van der Waals surface area contributed by atoms with Gasteiger partial charge in [-0.2, -0.15) is 0 Å². The van der Waals surface area contributed by atoms with E-state index < -0.39 is 14.4 Å². The van der Waals surface area contributed by atoms with E-state index in [1.165, 1.54) is 0 Å². The van der Waals surface area contributed by atoms with Gasteiger partial charge >= 0.3 is 0 Å². The smallest absolute Gasteiger partial charge is 0.192 e. The molecule has 0 aliphatic rings. The van der Waals surface area contributed by atoms with Gasteiger partial charge in [-0.15, -0.1) is 0 Å². The van der Waals surface area contributed by atoms with Gasteiger partial charge in [-0.1, -0.05) is 78.5 Å². The molecule has 0 saturated heterocycles. The first-order valence-electron chi connectivity index (χ1n) is 11.0. The van der Waals surface area contributed by atoms with Crippen LogP contribution in [-0.2, 0) is 15.8 Å². The second-order valence-electron chi connectivity index (χ2n) is 10.3. The fourth-order valence-electron chi connectivity index (χ4n) is 3.12. The molecule has 3 nitrogen and oxygen atoms in total. The van der Waals surface area contributed by atoms with Crippen LogP contribution in [0.3, 0.4) is 0 Å². The van der Waals surface area contributed by atoms with Crippen molar-refractivity contribution in [3.05, 3.63) is 48.0 Å². The van der Waals surface area contributed by atoms with Crippen LogP contribution >= 0.6 is 0 Å². The van der Waals surface area contributed by atoms with E-state index in [0.29, 0.717) is 18.9 Å². The fourth-order valence-corrected chi connectivity index (χ4v) is 4.64. The number of ether oxygens (including phenoxy) is 1. The predicted octanol–water partition coefficient (Wildman–Crippen LogP) is 6.58. The van der Waals surface area contributed by atoms with Crippen LogP contribution in [0, 0.1) is 11.8 Å². The Kier molecular flexibility index (Phi) is 9.81. The minimum atomic E-state index is -1.91. The Morgan fingerprint density at radius 1 is 1.07 bits per heavy atom. The molecule has 0 amide bonds. The molecule has 4 heteroatoms. The Labute approximate surface area is 180 Å². The lowest BCUT2D eigenvalue weighted by Crippen LogP contribution is -2.48. The second kappa shape index (κ2) is 10.9. The topological polar surface area (TPSA) is 38.7 Å². The average molecular weight is 421 g/mol. The molecule has 1 aromatic rings. The molecule has 0 aromatic heterocycles. The summed E-state index contributed by atoms with van der Waals surface area (Å²) >= 11 is 0. The standard InChI is InChI=1S/C25H44O3Si/c1-18(2)24(28-29(9,10)25(6,7)8)20(4)23(26)16-19(3)21(5)27-17-22-14-12-11-13-15-22/h11-15,18,20-21,23-24,26H,3,16-17H2,1-2,4-10H3/t20-,21-,23+,24+/m1/s1. The van der Waals surface area contributed by atoms with Crippen LogP contribution < -0.4 is 0 Å². The van der Waals surface area contributed by atoms with Crippen molar-refractivity contribution in [2.45, 2.75) is 97.9 Å². The van der Waals surface area contributed by atoms with E-state index in [-0.39, 0.29) is 23.2 Å². The molecule has 0 heterocycles. The summed E-state index contributed by atoms with van der Waals surface area (Å²) < 4.78 is 12.7. The number of hydrogen-bond donors (Lipinski definition) is 1. The number of rotatable bonds is 11. The third kappa shape index (κ3) is 8.01. The van der Waals surface area contributed by atoms with Gasteiger partial charge in [-0.3, -0.25) is 0 Å². The van der Waals surface area contributed by atoms with E-state index in [2.05, 4.69) is 73.3 Å². The maximum Gasteiger partial charge on any atom is 0.192 e. The van der Waals surface area contributed by atoms with E-state index in [1.807, 2.05) is 25.1 Å². The molecule has 0 aliphatic carbocycles. The van der Waals surface area contributed by atoms with Crippen LogP contribution in [0.4, 0.5) is 0 Å². The first-order valence-corrected chi connectivity index (χ1v) is 13.9. The highest BCUT2D eigenvalue weighted by molar-refractivity contribution is 6.74. The molecular weight excluding hydrogens is 376 g/mol. The molecule has 1 rings (SSSR count). The molecule has 166 valence electrons. The highest BCUT2D eigenvalue weighted by atomic mass is 28.4. The third-order valence-electron chi connectivity index (χ3n) is 6.41. The van der Waals surface area contributed by atoms with E-state index in [4.69, 9.17) is 9.16 Å². The molecule has 0 spiro atoms. The quantitative estimate of drug-likeness (QED) is 0.324. The fraction of sp³-hybridized carbons (Fsp3) is 0.680. The van der Waals surface area contributed by atoms with Crippen molar-refractivity contribution in [3.8, 4) is 0 Å². The van der Waals surface area contributed by atoms with Crippen LogP contribution in [0.15, 0.2) is 42.5 Å². The monoisotopic (exact) mass is 420 g/mol. The Morgan fingerprint density at radius 2 is 1.62 bits per heavy atom. The molecule has 0 bridgehead atoms. The lowest BCUT2D eigenvalue weighted by molar-refractivity contribution is 0.000721. The lowest BCUT2D eigenvalue weighted by Gasteiger charge is -2.43. The van der Waals surface area contributed by atoms with E-state index >= 15 is 0 Å². The molecule has 0 aliphatic heterocycles. The first kappa shape index (κ1) is 26.1. The summed E-state index contributed by atoms with van der Waals surface area (Å²) in [5, 5.41) is 11.1. The van der Waals surface area contributed by atoms with Crippen LogP contribution in [0.25, 0.3) is 0 Å². The van der Waals surface area contributed by atoms with E-state index in [9.17, 15) is 5.11 Å². The van der Waals surface area contributed by atoms with Gasteiger partial charge < -0.3 is 14.3 Å². The Morgan fingerprint density at radius 3 is 2.10 bits per heavy atom. The van der Waals surface area contributed by atoms with Crippen molar-refractivity contribution in [2.75, 3.05) is 0 Å². The highest BCUT2D eigenvalue weighted by Gasteiger charge is 2.41. The summed E-state index contributed by atoms with van der Waals surface area (Å²) in [5.74, 6) is 0.371. The SMILES string of the molecule is C=C(C[C@H](O)[C@@H](C)[C@@H](O[Si](C)(C)C(C)(C)C)C(C)C)[C@@H](C)OCc1ccccc1. The van der Waals surface area contributed by atoms with Gasteiger partial charge in [-0.05, 0) is 48.5 Å². The van der Waals surface area contributed by atoms with Crippen LogP contribution in [0.2, 0.25) is 18.1 Å². The van der Waals surface area contributed by atoms with Crippen molar-refractivity contribution in [2.24, 2.45) is 11.8 Å². The maximum atomic E-state index is 11.0. The van der Waals surface area contributed by atoms with Crippen molar-refractivity contribution in [1.29, 1.82) is 0 Å². The average Bonchev–Trinajstić information content (AvgIpc) is 2.63.